The van der Waals surface area contributed by atoms with E-state index < -0.39 is 5.60 Å². The minimum atomic E-state index is -0.491. The Morgan fingerprint density at radius 3 is 2.62 bits per heavy atom. The van der Waals surface area contributed by atoms with Gasteiger partial charge in [0.25, 0.3) is 0 Å². The average molecular weight is 230 g/mol. The van der Waals surface area contributed by atoms with Crippen LogP contribution in [0.25, 0.3) is 0 Å². The summed E-state index contributed by atoms with van der Waals surface area (Å²) in [4.78, 5) is 13.5. The van der Waals surface area contributed by atoms with Crippen LogP contribution in [0.15, 0.2) is 0 Å². The van der Waals surface area contributed by atoms with Crippen molar-refractivity contribution >= 4 is 6.09 Å². The number of ether oxygens (including phenoxy) is 1. The first kappa shape index (κ1) is 13.3. The summed E-state index contributed by atoms with van der Waals surface area (Å²) in [6.45, 7) is 6.09. The van der Waals surface area contributed by atoms with E-state index in [2.05, 4.69) is 5.32 Å². The third-order valence-corrected chi connectivity index (χ3v) is 2.66. The maximum absolute atomic E-state index is 11.9. The Hall–Kier alpha value is -0.810. The largest absolute Gasteiger partial charge is 0.444 e. The number of aliphatic hydroxyl groups excluding tert-OH is 1. The van der Waals surface area contributed by atoms with Gasteiger partial charge in [0.2, 0.25) is 0 Å². The van der Waals surface area contributed by atoms with E-state index in [0.717, 1.165) is 6.42 Å². The summed E-state index contributed by atoms with van der Waals surface area (Å²) in [7, 11) is 1.86. The van der Waals surface area contributed by atoms with Crippen molar-refractivity contribution in [3.05, 3.63) is 0 Å². The van der Waals surface area contributed by atoms with Crippen molar-refractivity contribution in [3.8, 4) is 0 Å². The van der Waals surface area contributed by atoms with E-state index in [9.17, 15) is 9.90 Å². The van der Waals surface area contributed by atoms with Gasteiger partial charge in [-0.2, -0.15) is 0 Å². The minimum absolute atomic E-state index is 0.0164. The van der Waals surface area contributed by atoms with Crippen molar-refractivity contribution in [3.63, 3.8) is 0 Å². The van der Waals surface area contributed by atoms with Crippen LogP contribution < -0.4 is 5.32 Å². The SMILES string of the molecule is CNC1CC(CO)N(C(=O)OC(C)(C)C)C1. The number of hydrogen-bond acceptors (Lipinski definition) is 4. The summed E-state index contributed by atoms with van der Waals surface area (Å²) in [5.74, 6) is 0. The molecule has 0 aromatic carbocycles. The van der Waals surface area contributed by atoms with Gasteiger partial charge in [0.05, 0.1) is 12.6 Å². The molecule has 0 bridgehead atoms. The maximum atomic E-state index is 11.9. The molecule has 0 spiro atoms. The maximum Gasteiger partial charge on any atom is 0.410 e. The molecule has 1 fully saturated rings. The quantitative estimate of drug-likeness (QED) is 0.728. The normalized spacial score (nSPS) is 25.9. The zero-order valence-electron chi connectivity index (χ0n) is 10.5. The Balaban J connectivity index is 2.61. The summed E-state index contributed by atoms with van der Waals surface area (Å²) in [6, 6.07) is 0.108. The number of nitrogens with one attached hydrogen (secondary N) is 1. The van der Waals surface area contributed by atoms with Gasteiger partial charge in [0.15, 0.2) is 0 Å². The van der Waals surface area contributed by atoms with Gasteiger partial charge >= 0.3 is 6.09 Å². The Bertz CT molecular complexity index is 250. The molecule has 1 amide bonds. The monoisotopic (exact) mass is 230 g/mol. The van der Waals surface area contributed by atoms with Crippen LogP contribution >= 0.6 is 0 Å². The van der Waals surface area contributed by atoms with Gasteiger partial charge in [-0.1, -0.05) is 0 Å². The summed E-state index contributed by atoms with van der Waals surface area (Å²) >= 11 is 0. The number of nitrogens with zero attached hydrogens (tertiary/aromatic N) is 1. The number of amides is 1. The van der Waals surface area contributed by atoms with Crippen LogP contribution in [0.4, 0.5) is 4.79 Å². The van der Waals surface area contributed by atoms with E-state index in [1.165, 1.54) is 0 Å². The highest BCUT2D eigenvalue weighted by Crippen LogP contribution is 2.20. The molecule has 0 aromatic rings. The van der Waals surface area contributed by atoms with E-state index >= 15 is 0 Å². The molecule has 1 heterocycles. The topological polar surface area (TPSA) is 61.8 Å². The Kier molecular flexibility index (Phi) is 4.15. The molecule has 16 heavy (non-hydrogen) atoms. The van der Waals surface area contributed by atoms with Crippen LogP contribution in [0.3, 0.4) is 0 Å². The fourth-order valence-electron chi connectivity index (χ4n) is 1.84. The van der Waals surface area contributed by atoms with E-state index in [0.29, 0.717) is 6.54 Å². The molecule has 1 aliphatic heterocycles. The predicted octanol–water partition coefficient (Wildman–Crippen LogP) is 0.576. The molecule has 0 saturated carbocycles. The molecular formula is C11H22N2O3. The first-order valence-corrected chi connectivity index (χ1v) is 5.65. The summed E-state index contributed by atoms with van der Waals surface area (Å²) in [6.07, 6.45) is 0.427. The molecule has 0 radical (unpaired) electrons. The lowest BCUT2D eigenvalue weighted by Crippen LogP contribution is -2.42. The van der Waals surface area contributed by atoms with Crippen molar-refractivity contribution in [2.45, 2.75) is 44.9 Å². The molecule has 1 rings (SSSR count). The van der Waals surface area contributed by atoms with Crippen molar-refractivity contribution in [1.82, 2.24) is 10.2 Å². The number of hydrogen-bond donors (Lipinski definition) is 2. The van der Waals surface area contributed by atoms with Crippen molar-refractivity contribution in [2.75, 3.05) is 20.2 Å². The van der Waals surface area contributed by atoms with Crippen molar-refractivity contribution in [1.29, 1.82) is 0 Å². The highest BCUT2D eigenvalue weighted by atomic mass is 16.6. The molecule has 0 aromatic heterocycles. The summed E-state index contributed by atoms with van der Waals surface area (Å²) in [5.41, 5.74) is -0.491. The summed E-state index contributed by atoms with van der Waals surface area (Å²) < 4.78 is 5.29. The van der Waals surface area contributed by atoms with E-state index in [-0.39, 0.29) is 24.8 Å². The molecule has 5 heteroatoms. The standard InChI is InChI=1S/C11H22N2O3/c1-11(2,3)16-10(15)13-6-8(12-4)5-9(13)7-14/h8-9,12,14H,5-7H2,1-4H3. The molecule has 5 nitrogen and oxygen atoms in total. The van der Waals surface area contributed by atoms with Crippen molar-refractivity contribution < 1.29 is 14.6 Å². The fourth-order valence-corrected chi connectivity index (χ4v) is 1.84. The van der Waals surface area contributed by atoms with Crippen LogP contribution in [0.2, 0.25) is 0 Å². The van der Waals surface area contributed by atoms with Gasteiger partial charge in [-0.3, -0.25) is 0 Å². The van der Waals surface area contributed by atoms with Gasteiger partial charge in [-0.15, -0.1) is 0 Å². The lowest BCUT2D eigenvalue weighted by Gasteiger charge is -2.27. The number of likely N-dealkylation sites (N-methyl/N-ethyl adjacent to an activating group) is 1. The second-order valence-corrected chi connectivity index (χ2v) is 5.19. The zero-order valence-corrected chi connectivity index (χ0v) is 10.5. The smallest absolute Gasteiger partial charge is 0.410 e. The van der Waals surface area contributed by atoms with Crippen LogP contribution in [-0.2, 0) is 4.74 Å². The Morgan fingerprint density at radius 2 is 2.19 bits per heavy atom. The van der Waals surface area contributed by atoms with E-state index in [1.54, 1.807) is 4.90 Å². The number of aliphatic hydroxyl groups is 1. The van der Waals surface area contributed by atoms with Gasteiger partial charge < -0.3 is 20.1 Å². The van der Waals surface area contributed by atoms with E-state index in [4.69, 9.17) is 4.74 Å². The molecule has 94 valence electrons. The third kappa shape index (κ3) is 3.35. The molecular weight excluding hydrogens is 208 g/mol. The zero-order chi connectivity index (χ0) is 12.3. The highest BCUT2D eigenvalue weighted by Gasteiger charge is 2.36. The molecule has 1 aliphatic rings. The highest BCUT2D eigenvalue weighted by molar-refractivity contribution is 5.69. The lowest BCUT2D eigenvalue weighted by molar-refractivity contribution is 0.0174. The fraction of sp³-hybridized carbons (Fsp3) is 0.909. The lowest BCUT2D eigenvalue weighted by atomic mass is 10.2. The van der Waals surface area contributed by atoms with Gasteiger partial charge in [-0.05, 0) is 34.2 Å². The van der Waals surface area contributed by atoms with Crippen LogP contribution in [-0.4, -0.2) is 54.0 Å². The van der Waals surface area contributed by atoms with E-state index in [1.807, 2.05) is 27.8 Å². The van der Waals surface area contributed by atoms with Gasteiger partial charge in [-0.25, -0.2) is 4.79 Å². The predicted molar refractivity (Wildman–Crippen MR) is 61.3 cm³/mol. The van der Waals surface area contributed by atoms with Gasteiger partial charge in [0, 0.05) is 12.6 Å². The number of carbonyl (C=O) groups excluding carboxylic acids is 1. The third-order valence-electron chi connectivity index (χ3n) is 2.66. The van der Waals surface area contributed by atoms with Crippen LogP contribution in [0.1, 0.15) is 27.2 Å². The number of carbonyl (C=O) groups is 1. The first-order chi connectivity index (χ1) is 7.37. The van der Waals surface area contributed by atoms with Crippen LogP contribution in [0, 0.1) is 0 Å². The second-order valence-electron chi connectivity index (χ2n) is 5.19. The molecule has 1 saturated heterocycles. The molecule has 2 unspecified atom stereocenters. The minimum Gasteiger partial charge on any atom is -0.444 e. The molecule has 2 N–H and O–H groups in total. The number of likely N-dealkylation sites (tertiary alicyclic amines) is 1. The van der Waals surface area contributed by atoms with Gasteiger partial charge in [0.1, 0.15) is 5.60 Å². The Labute approximate surface area is 96.8 Å². The Morgan fingerprint density at radius 1 is 1.56 bits per heavy atom. The first-order valence-electron chi connectivity index (χ1n) is 5.65. The average Bonchev–Trinajstić information content (AvgIpc) is 2.58. The molecule has 2 atom stereocenters. The van der Waals surface area contributed by atoms with Crippen molar-refractivity contribution in [2.24, 2.45) is 0 Å². The molecule has 0 aliphatic carbocycles. The van der Waals surface area contributed by atoms with Crippen LogP contribution in [0.5, 0.6) is 0 Å². The second kappa shape index (κ2) is 5.01. The number of rotatable bonds is 2. The summed E-state index contributed by atoms with van der Waals surface area (Å²) in [5, 5.41) is 12.3.